The Bertz CT molecular complexity index is 409. The van der Waals surface area contributed by atoms with Crippen LogP contribution >= 0.6 is 11.8 Å². The second kappa shape index (κ2) is 6.27. The van der Waals surface area contributed by atoms with E-state index in [1.165, 1.54) is 6.42 Å². The maximum atomic E-state index is 6.46. The van der Waals surface area contributed by atoms with Crippen LogP contribution in [0.3, 0.4) is 0 Å². The van der Waals surface area contributed by atoms with Crippen LogP contribution < -0.4 is 5.73 Å². The first kappa shape index (κ1) is 14.9. The number of nitrogens with zero attached hydrogens (tertiary/aromatic N) is 2. The van der Waals surface area contributed by atoms with E-state index in [0.29, 0.717) is 17.1 Å². The van der Waals surface area contributed by atoms with Gasteiger partial charge in [-0.25, -0.2) is 0 Å². The number of nitrogens with two attached hydrogens (primary N) is 1. The van der Waals surface area contributed by atoms with Gasteiger partial charge in [-0.15, -0.1) is 0 Å². The van der Waals surface area contributed by atoms with E-state index in [4.69, 9.17) is 10.3 Å². The number of aromatic nitrogens is 2. The van der Waals surface area contributed by atoms with E-state index < -0.39 is 5.54 Å². The minimum atomic E-state index is -0.399. The molecule has 2 rings (SSSR count). The molecule has 1 aliphatic rings. The van der Waals surface area contributed by atoms with Crippen molar-refractivity contribution in [3.8, 4) is 0 Å². The fourth-order valence-electron chi connectivity index (χ4n) is 2.64. The van der Waals surface area contributed by atoms with E-state index in [2.05, 4.69) is 30.9 Å². The number of hydrogen-bond donors (Lipinski definition) is 1. The molecule has 0 radical (unpaired) electrons. The standard InChI is InChI=1S/C14H25N3OS/c1-4-11(3)19-9-12-16-13(18-17-12)14(15)7-5-6-10(2)8-14/h10-11H,4-9,15H2,1-3H3. The maximum Gasteiger partial charge on any atom is 0.246 e. The SMILES string of the molecule is CCC(C)SCc1noc(C2(N)CCCC(C)C2)n1. The number of rotatable bonds is 5. The van der Waals surface area contributed by atoms with Crippen molar-refractivity contribution < 1.29 is 4.52 Å². The highest BCUT2D eigenvalue weighted by molar-refractivity contribution is 7.99. The van der Waals surface area contributed by atoms with Gasteiger partial charge in [0.25, 0.3) is 0 Å². The summed E-state index contributed by atoms with van der Waals surface area (Å²) in [5, 5.41) is 4.71. The molecule has 19 heavy (non-hydrogen) atoms. The topological polar surface area (TPSA) is 64.9 Å². The van der Waals surface area contributed by atoms with Gasteiger partial charge in [-0.05, 0) is 25.2 Å². The van der Waals surface area contributed by atoms with E-state index >= 15 is 0 Å². The van der Waals surface area contributed by atoms with Crippen LogP contribution in [0.2, 0.25) is 0 Å². The predicted octanol–water partition coefficient (Wildman–Crippen LogP) is 3.47. The Hall–Kier alpha value is -0.550. The lowest BCUT2D eigenvalue weighted by atomic mass is 9.77. The van der Waals surface area contributed by atoms with Crippen LogP contribution in [-0.4, -0.2) is 15.4 Å². The largest absolute Gasteiger partial charge is 0.337 e. The van der Waals surface area contributed by atoms with Gasteiger partial charge in [0.15, 0.2) is 5.82 Å². The molecule has 0 saturated heterocycles. The molecule has 1 aromatic heterocycles. The van der Waals surface area contributed by atoms with Crippen LogP contribution in [0.5, 0.6) is 0 Å². The van der Waals surface area contributed by atoms with Crippen molar-refractivity contribution in [1.29, 1.82) is 0 Å². The summed E-state index contributed by atoms with van der Waals surface area (Å²) in [7, 11) is 0. The lowest BCUT2D eigenvalue weighted by molar-refractivity contribution is 0.183. The average molecular weight is 283 g/mol. The zero-order chi connectivity index (χ0) is 13.9. The van der Waals surface area contributed by atoms with Crippen molar-refractivity contribution in [2.45, 2.75) is 69.4 Å². The number of thioether (sulfide) groups is 1. The second-order valence-electron chi connectivity index (χ2n) is 5.90. The first-order valence-electron chi connectivity index (χ1n) is 7.27. The zero-order valence-corrected chi connectivity index (χ0v) is 13.0. The molecule has 0 amide bonds. The third-order valence-corrected chi connectivity index (χ3v) is 5.33. The van der Waals surface area contributed by atoms with Crippen LogP contribution in [0.25, 0.3) is 0 Å². The molecule has 3 atom stereocenters. The summed E-state index contributed by atoms with van der Waals surface area (Å²) in [6.45, 7) is 6.66. The molecule has 1 aromatic rings. The Kier molecular flexibility index (Phi) is 4.90. The van der Waals surface area contributed by atoms with Crippen molar-refractivity contribution in [2.75, 3.05) is 0 Å². The molecule has 0 spiro atoms. The lowest BCUT2D eigenvalue weighted by Gasteiger charge is -2.33. The molecule has 2 N–H and O–H groups in total. The number of hydrogen-bond acceptors (Lipinski definition) is 5. The molecule has 5 heteroatoms. The second-order valence-corrected chi connectivity index (χ2v) is 7.33. The van der Waals surface area contributed by atoms with Gasteiger partial charge in [0.2, 0.25) is 5.89 Å². The van der Waals surface area contributed by atoms with E-state index in [0.717, 1.165) is 37.3 Å². The average Bonchev–Trinajstić information content (AvgIpc) is 2.85. The Morgan fingerprint density at radius 2 is 2.37 bits per heavy atom. The monoisotopic (exact) mass is 283 g/mol. The summed E-state index contributed by atoms with van der Waals surface area (Å²) < 4.78 is 5.42. The molecule has 3 unspecified atom stereocenters. The molecular weight excluding hydrogens is 258 g/mol. The maximum absolute atomic E-state index is 6.46. The quantitative estimate of drug-likeness (QED) is 0.896. The Balaban J connectivity index is 1.99. The molecule has 0 aromatic carbocycles. The Morgan fingerprint density at radius 1 is 1.58 bits per heavy atom. The van der Waals surface area contributed by atoms with Crippen molar-refractivity contribution in [1.82, 2.24) is 10.1 Å². The van der Waals surface area contributed by atoms with Gasteiger partial charge in [0.05, 0.1) is 11.3 Å². The van der Waals surface area contributed by atoms with Crippen molar-refractivity contribution >= 4 is 11.8 Å². The summed E-state index contributed by atoms with van der Waals surface area (Å²) >= 11 is 1.86. The van der Waals surface area contributed by atoms with Gasteiger partial charge in [0.1, 0.15) is 0 Å². The molecular formula is C14H25N3OS. The van der Waals surface area contributed by atoms with Crippen molar-refractivity contribution in [3.63, 3.8) is 0 Å². The van der Waals surface area contributed by atoms with Crippen molar-refractivity contribution in [2.24, 2.45) is 11.7 Å². The Labute approximate surface area is 119 Å². The summed E-state index contributed by atoms with van der Waals surface area (Å²) in [6.07, 6.45) is 5.47. The third kappa shape index (κ3) is 3.72. The molecule has 1 fully saturated rings. The van der Waals surface area contributed by atoms with Gasteiger partial charge in [-0.3, -0.25) is 0 Å². The highest BCUT2D eigenvalue weighted by atomic mass is 32.2. The van der Waals surface area contributed by atoms with Crippen molar-refractivity contribution in [3.05, 3.63) is 11.7 Å². The van der Waals surface area contributed by atoms with Crippen LogP contribution in [-0.2, 0) is 11.3 Å². The molecule has 108 valence electrons. The molecule has 4 nitrogen and oxygen atoms in total. The summed E-state index contributed by atoms with van der Waals surface area (Å²) in [6, 6.07) is 0. The van der Waals surface area contributed by atoms with E-state index in [9.17, 15) is 0 Å². The van der Waals surface area contributed by atoms with Gasteiger partial charge in [0, 0.05) is 5.25 Å². The summed E-state index contributed by atoms with van der Waals surface area (Å²) in [5.41, 5.74) is 6.06. The van der Waals surface area contributed by atoms with Crippen LogP contribution in [0.15, 0.2) is 4.52 Å². The zero-order valence-electron chi connectivity index (χ0n) is 12.2. The fraction of sp³-hybridized carbons (Fsp3) is 0.857. The summed E-state index contributed by atoms with van der Waals surface area (Å²) in [5.74, 6) is 2.87. The van der Waals surface area contributed by atoms with E-state index in [1.54, 1.807) is 0 Å². The van der Waals surface area contributed by atoms with Gasteiger partial charge in [-0.2, -0.15) is 16.7 Å². The first-order chi connectivity index (χ1) is 9.03. The summed E-state index contributed by atoms with van der Waals surface area (Å²) in [4.78, 5) is 4.52. The highest BCUT2D eigenvalue weighted by Crippen LogP contribution is 2.37. The van der Waals surface area contributed by atoms with Crippen LogP contribution in [0.4, 0.5) is 0 Å². The fourth-order valence-corrected chi connectivity index (χ4v) is 3.42. The minimum Gasteiger partial charge on any atom is -0.337 e. The third-order valence-electron chi connectivity index (χ3n) is 4.00. The molecule has 1 heterocycles. The van der Waals surface area contributed by atoms with Crippen LogP contribution in [0, 0.1) is 5.92 Å². The first-order valence-corrected chi connectivity index (χ1v) is 8.32. The Morgan fingerprint density at radius 3 is 3.05 bits per heavy atom. The smallest absolute Gasteiger partial charge is 0.246 e. The normalized spacial score (nSPS) is 29.4. The predicted molar refractivity (Wildman–Crippen MR) is 78.8 cm³/mol. The molecule has 1 aliphatic carbocycles. The molecule has 0 bridgehead atoms. The van der Waals surface area contributed by atoms with Crippen LogP contribution in [0.1, 0.15) is 64.6 Å². The van der Waals surface area contributed by atoms with E-state index in [1.807, 2.05) is 11.8 Å². The van der Waals surface area contributed by atoms with Gasteiger partial charge >= 0.3 is 0 Å². The minimum absolute atomic E-state index is 0.399. The lowest BCUT2D eigenvalue weighted by Crippen LogP contribution is -2.41. The highest BCUT2D eigenvalue weighted by Gasteiger charge is 2.37. The molecule has 1 saturated carbocycles. The van der Waals surface area contributed by atoms with E-state index in [-0.39, 0.29) is 0 Å². The van der Waals surface area contributed by atoms with Gasteiger partial charge < -0.3 is 10.3 Å². The molecule has 0 aliphatic heterocycles. The van der Waals surface area contributed by atoms with Gasteiger partial charge in [-0.1, -0.05) is 38.8 Å².